The fourth-order valence-electron chi connectivity index (χ4n) is 4.33. The normalized spacial score (nSPS) is 19.8. The van der Waals surface area contributed by atoms with Crippen LogP contribution in [-0.4, -0.2) is 20.0 Å². The predicted octanol–water partition coefficient (Wildman–Crippen LogP) is 5.04. The minimum Gasteiger partial charge on any atom is -0.279 e. The Bertz CT molecular complexity index is 1120. The number of aryl methyl sites for hydroxylation is 2. The van der Waals surface area contributed by atoms with E-state index in [1.165, 1.54) is 12.1 Å². The number of hydrogen-bond acceptors (Lipinski definition) is 4. The van der Waals surface area contributed by atoms with Gasteiger partial charge in [0.05, 0.1) is 10.6 Å². The van der Waals surface area contributed by atoms with Crippen molar-refractivity contribution < 1.29 is 13.2 Å². The zero-order valence-corrected chi connectivity index (χ0v) is 19.6. The Balaban J connectivity index is 1.76. The summed E-state index contributed by atoms with van der Waals surface area (Å²) in [5, 5.41) is 4.34. The minimum absolute atomic E-state index is 0.0280. The van der Waals surface area contributed by atoms with Crippen molar-refractivity contribution in [2.75, 3.05) is 4.72 Å². The Kier molecular flexibility index (Phi) is 6.55. The van der Waals surface area contributed by atoms with Gasteiger partial charge in [-0.15, -0.1) is 0 Å². The molecule has 166 valence electrons. The lowest BCUT2D eigenvalue weighted by molar-refractivity contribution is 0.0953. The molecule has 0 aromatic heterocycles. The second-order valence-corrected chi connectivity index (χ2v) is 11.1. The first-order valence-electron chi connectivity index (χ1n) is 10.5. The molecule has 1 fully saturated rings. The fraction of sp³-hybridized carbons (Fsp3) is 0.417. The van der Waals surface area contributed by atoms with Crippen molar-refractivity contribution in [3.63, 3.8) is 0 Å². The monoisotopic (exact) mass is 441 g/mol. The van der Waals surface area contributed by atoms with Crippen molar-refractivity contribution in [1.82, 2.24) is 5.43 Å². The van der Waals surface area contributed by atoms with Crippen LogP contribution in [0, 0.1) is 25.2 Å². The van der Waals surface area contributed by atoms with E-state index >= 15 is 0 Å². The number of nitrogens with zero attached hydrogens (tertiary/aromatic N) is 1. The van der Waals surface area contributed by atoms with Crippen LogP contribution in [0.25, 0.3) is 0 Å². The maximum atomic E-state index is 12.9. The number of carbonyl (C=O) groups is 1. The van der Waals surface area contributed by atoms with Crippen LogP contribution in [0.5, 0.6) is 0 Å². The lowest BCUT2D eigenvalue weighted by atomic mass is 9.72. The number of amides is 1. The SMILES string of the molecule is Cc1ccc(NS(=O)(=O)c2cccc(C(=O)NN=C3CC(C)CC(C)(C)C3)c2)c(C)c1. The van der Waals surface area contributed by atoms with Gasteiger partial charge in [-0.25, -0.2) is 13.8 Å². The summed E-state index contributed by atoms with van der Waals surface area (Å²) in [5.74, 6) is 0.0938. The van der Waals surface area contributed by atoms with Gasteiger partial charge in [0.15, 0.2) is 0 Å². The standard InChI is InChI=1S/C24H31N3O3S/c1-16-9-10-22(18(3)11-16)27-31(29,30)21-8-6-7-19(13-21)23(28)26-25-20-12-17(2)14-24(4,5)15-20/h6-11,13,17,27H,12,14-15H2,1-5H3,(H,26,28). The Morgan fingerprint density at radius 3 is 2.55 bits per heavy atom. The number of anilines is 1. The van der Waals surface area contributed by atoms with Crippen molar-refractivity contribution in [2.45, 2.75) is 58.8 Å². The highest BCUT2D eigenvalue weighted by Crippen LogP contribution is 2.36. The van der Waals surface area contributed by atoms with Gasteiger partial charge in [-0.2, -0.15) is 5.10 Å². The van der Waals surface area contributed by atoms with E-state index in [4.69, 9.17) is 0 Å². The van der Waals surface area contributed by atoms with Gasteiger partial charge >= 0.3 is 0 Å². The van der Waals surface area contributed by atoms with Crippen LogP contribution in [0.1, 0.15) is 61.5 Å². The molecule has 0 aliphatic heterocycles. The first-order valence-corrected chi connectivity index (χ1v) is 12.0. The summed E-state index contributed by atoms with van der Waals surface area (Å²) in [7, 11) is -3.83. The fourth-order valence-corrected chi connectivity index (χ4v) is 5.51. The summed E-state index contributed by atoms with van der Waals surface area (Å²) in [6.45, 7) is 10.4. The molecule has 1 aliphatic carbocycles. The molecule has 3 rings (SSSR count). The predicted molar refractivity (Wildman–Crippen MR) is 125 cm³/mol. The van der Waals surface area contributed by atoms with Gasteiger partial charge in [-0.1, -0.05) is 44.5 Å². The van der Waals surface area contributed by atoms with Crippen LogP contribution in [0.4, 0.5) is 5.69 Å². The van der Waals surface area contributed by atoms with E-state index in [9.17, 15) is 13.2 Å². The summed E-state index contributed by atoms with van der Waals surface area (Å²) in [6.07, 6.45) is 2.83. The van der Waals surface area contributed by atoms with E-state index in [1.54, 1.807) is 18.2 Å². The number of hydrazone groups is 1. The Hall–Kier alpha value is -2.67. The summed E-state index contributed by atoms with van der Waals surface area (Å²) in [6, 6.07) is 11.5. The third-order valence-electron chi connectivity index (χ3n) is 5.52. The molecule has 0 heterocycles. The summed E-state index contributed by atoms with van der Waals surface area (Å²) in [4.78, 5) is 12.7. The third-order valence-corrected chi connectivity index (χ3v) is 6.88. The number of hydrogen-bond donors (Lipinski definition) is 2. The van der Waals surface area contributed by atoms with Gasteiger partial charge in [0, 0.05) is 11.3 Å². The number of benzene rings is 2. The van der Waals surface area contributed by atoms with Crippen molar-refractivity contribution in [3.05, 3.63) is 59.2 Å². The maximum Gasteiger partial charge on any atom is 0.271 e. The second kappa shape index (κ2) is 8.83. The van der Waals surface area contributed by atoms with Gasteiger partial charge < -0.3 is 0 Å². The molecule has 0 bridgehead atoms. The number of sulfonamides is 1. The lowest BCUT2D eigenvalue weighted by Crippen LogP contribution is -2.30. The van der Waals surface area contributed by atoms with Crippen LogP contribution >= 0.6 is 0 Å². The molecule has 2 aromatic carbocycles. The molecule has 0 radical (unpaired) electrons. The van der Waals surface area contributed by atoms with Crippen molar-refractivity contribution in [1.29, 1.82) is 0 Å². The number of carbonyl (C=O) groups excluding carboxylic acids is 1. The smallest absolute Gasteiger partial charge is 0.271 e. The molecule has 0 saturated heterocycles. The average molecular weight is 442 g/mol. The highest BCUT2D eigenvalue weighted by molar-refractivity contribution is 7.92. The van der Waals surface area contributed by atoms with E-state index in [0.717, 1.165) is 36.1 Å². The first-order chi connectivity index (χ1) is 14.4. The summed E-state index contributed by atoms with van der Waals surface area (Å²) in [5.41, 5.74) is 6.38. The van der Waals surface area contributed by atoms with Gasteiger partial charge in [0.2, 0.25) is 0 Å². The van der Waals surface area contributed by atoms with Crippen molar-refractivity contribution in [3.8, 4) is 0 Å². The third kappa shape index (κ3) is 5.94. The van der Waals surface area contributed by atoms with E-state index in [1.807, 2.05) is 26.0 Å². The van der Waals surface area contributed by atoms with E-state index < -0.39 is 15.9 Å². The molecule has 2 aromatic rings. The van der Waals surface area contributed by atoms with Crippen LogP contribution in [0.3, 0.4) is 0 Å². The highest BCUT2D eigenvalue weighted by atomic mass is 32.2. The van der Waals surface area contributed by atoms with Crippen LogP contribution in [-0.2, 0) is 10.0 Å². The minimum atomic E-state index is -3.83. The maximum absolute atomic E-state index is 12.9. The van der Waals surface area contributed by atoms with Crippen LogP contribution in [0.15, 0.2) is 52.5 Å². The molecular formula is C24H31N3O3S. The molecule has 1 atom stereocenters. The van der Waals surface area contributed by atoms with E-state index in [0.29, 0.717) is 11.6 Å². The highest BCUT2D eigenvalue weighted by Gasteiger charge is 2.29. The molecule has 2 N–H and O–H groups in total. The first kappa shape index (κ1) is 23.0. The molecule has 1 unspecified atom stereocenters. The van der Waals surface area contributed by atoms with Crippen molar-refractivity contribution >= 4 is 27.3 Å². The van der Waals surface area contributed by atoms with Crippen molar-refractivity contribution in [2.24, 2.45) is 16.4 Å². The van der Waals surface area contributed by atoms with Gasteiger partial charge in [-0.05, 0) is 74.3 Å². The van der Waals surface area contributed by atoms with Crippen LogP contribution in [0.2, 0.25) is 0 Å². The Morgan fingerprint density at radius 2 is 1.87 bits per heavy atom. The van der Waals surface area contributed by atoms with E-state index in [2.05, 4.69) is 36.0 Å². The lowest BCUT2D eigenvalue weighted by Gasteiger charge is -2.34. The summed E-state index contributed by atoms with van der Waals surface area (Å²) < 4.78 is 28.3. The molecule has 1 aliphatic rings. The molecule has 31 heavy (non-hydrogen) atoms. The average Bonchev–Trinajstić information content (AvgIpc) is 2.67. The van der Waals surface area contributed by atoms with Gasteiger partial charge in [-0.3, -0.25) is 9.52 Å². The molecular weight excluding hydrogens is 410 g/mol. The van der Waals surface area contributed by atoms with Crippen LogP contribution < -0.4 is 10.1 Å². The largest absolute Gasteiger partial charge is 0.279 e. The Labute approximate surface area is 185 Å². The molecule has 0 spiro atoms. The Morgan fingerprint density at radius 1 is 1.13 bits per heavy atom. The van der Waals surface area contributed by atoms with Gasteiger partial charge in [0.25, 0.3) is 15.9 Å². The molecule has 1 amide bonds. The zero-order chi connectivity index (χ0) is 22.8. The number of nitrogens with one attached hydrogen (secondary N) is 2. The van der Waals surface area contributed by atoms with Gasteiger partial charge in [0.1, 0.15) is 0 Å². The topological polar surface area (TPSA) is 87.6 Å². The second-order valence-electron chi connectivity index (χ2n) is 9.43. The summed E-state index contributed by atoms with van der Waals surface area (Å²) >= 11 is 0. The molecule has 1 saturated carbocycles. The quantitative estimate of drug-likeness (QED) is 0.638. The molecule has 6 nitrogen and oxygen atoms in total. The zero-order valence-electron chi connectivity index (χ0n) is 18.8. The molecule has 7 heteroatoms. The number of rotatable bonds is 5. The van der Waals surface area contributed by atoms with E-state index in [-0.39, 0.29) is 15.9 Å².